The molecule has 0 spiro atoms. The van der Waals surface area contributed by atoms with Crippen LogP contribution in [0.25, 0.3) is 0 Å². The quantitative estimate of drug-likeness (QED) is 0.796. The van der Waals surface area contributed by atoms with Crippen molar-refractivity contribution >= 4 is 22.9 Å². The lowest BCUT2D eigenvalue weighted by molar-refractivity contribution is 0.0187. The predicted molar refractivity (Wildman–Crippen MR) is 50.6 cm³/mol. The van der Waals surface area contributed by atoms with Gasteiger partial charge < -0.3 is 10.2 Å². The smallest absolute Gasteiger partial charge is 0.115 e. The highest BCUT2D eigenvalue weighted by atomic mass is 35.5. The molecule has 0 aliphatic carbocycles. The van der Waals surface area contributed by atoms with Gasteiger partial charge in [-0.3, -0.25) is 0 Å². The van der Waals surface area contributed by atoms with E-state index in [0.717, 1.165) is 0 Å². The topological polar surface area (TPSA) is 40.5 Å². The van der Waals surface area contributed by atoms with Crippen LogP contribution in [-0.4, -0.2) is 16.3 Å². The first-order chi connectivity index (χ1) is 5.66. The molecule has 0 aliphatic heterocycles. The molecule has 0 saturated heterocycles. The van der Waals surface area contributed by atoms with Crippen LogP contribution in [-0.2, 0) is 0 Å². The predicted octanol–water partition coefficient (Wildman–Crippen LogP) is 2.21. The molecular formula is C8H11ClO2S. The lowest BCUT2D eigenvalue weighted by Crippen LogP contribution is -2.15. The summed E-state index contributed by atoms with van der Waals surface area (Å²) in [6, 6.07) is 1.72. The first kappa shape index (κ1) is 9.99. The van der Waals surface area contributed by atoms with Gasteiger partial charge in [-0.05, 0) is 17.9 Å². The van der Waals surface area contributed by atoms with Gasteiger partial charge in [0.25, 0.3) is 0 Å². The second-order valence-corrected chi connectivity index (χ2v) is 3.91. The minimum Gasteiger partial charge on any atom is -0.390 e. The van der Waals surface area contributed by atoms with Gasteiger partial charge in [0.2, 0.25) is 0 Å². The van der Waals surface area contributed by atoms with E-state index in [0.29, 0.717) is 16.3 Å². The molecule has 0 aliphatic rings. The Balaban J connectivity index is 2.77. The van der Waals surface area contributed by atoms with Gasteiger partial charge in [-0.1, -0.05) is 18.5 Å². The maximum absolute atomic E-state index is 9.53. The maximum Gasteiger partial charge on any atom is 0.115 e. The van der Waals surface area contributed by atoms with Crippen LogP contribution in [0.15, 0.2) is 11.4 Å². The largest absolute Gasteiger partial charge is 0.390 e. The first-order valence-corrected chi connectivity index (χ1v) is 5.01. The summed E-state index contributed by atoms with van der Waals surface area (Å²) < 4.78 is 0. The standard InChI is InChI=1S/C8H11ClO2S/c1-2-6(10)7(11)8-5(9)3-4-12-8/h3-4,6-7,10-11H,2H2,1H3. The maximum atomic E-state index is 9.53. The van der Waals surface area contributed by atoms with Crippen LogP contribution in [0.2, 0.25) is 5.02 Å². The van der Waals surface area contributed by atoms with E-state index in [1.165, 1.54) is 11.3 Å². The van der Waals surface area contributed by atoms with E-state index in [1.54, 1.807) is 11.4 Å². The van der Waals surface area contributed by atoms with Crippen LogP contribution < -0.4 is 0 Å². The van der Waals surface area contributed by atoms with E-state index < -0.39 is 12.2 Å². The van der Waals surface area contributed by atoms with Gasteiger partial charge in [0.05, 0.1) is 16.0 Å². The molecule has 0 amide bonds. The summed E-state index contributed by atoms with van der Waals surface area (Å²) in [5.41, 5.74) is 0. The fraction of sp³-hybridized carbons (Fsp3) is 0.500. The van der Waals surface area contributed by atoms with Crippen molar-refractivity contribution in [2.45, 2.75) is 25.6 Å². The molecule has 1 rings (SSSR count). The Bertz CT molecular complexity index is 249. The van der Waals surface area contributed by atoms with Crippen LogP contribution >= 0.6 is 22.9 Å². The molecule has 12 heavy (non-hydrogen) atoms. The monoisotopic (exact) mass is 206 g/mol. The molecule has 2 unspecified atom stereocenters. The van der Waals surface area contributed by atoms with Crippen molar-refractivity contribution in [3.63, 3.8) is 0 Å². The molecule has 2 N–H and O–H groups in total. The number of aliphatic hydroxyl groups excluding tert-OH is 2. The summed E-state index contributed by atoms with van der Waals surface area (Å²) in [5, 5.41) is 21.2. The lowest BCUT2D eigenvalue weighted by Gasteiger charge is -2.14. The Labute approximate surface area is 80.4 Å². The average molecular weight is 207 g/mol. The van der Waals surface area contributed by atoms with Gasteiger partial charge in [-0.25, -0.2) is 0 Å². The summed E-state index contributed by atoms with van der Waals surface area (Å²) in [6.07, 6.45) is -1.04. The van der Waals surface area contributed by atoms with Crippen LogP contribution in [0.3, 0.4) is 0 Å². The normalized spacial score (nSPS) is 16.0. The number of hydrogen-bond donors (Lipinski definition) is 2. The fourth-order valence-corrected chi connectivity index (χ4v) is 2.13. The number of thiophene rings is 1. The van der Waals surface area contributed by atoms with Crippen LogP contribution in [0.1, 0.15) is 24.3 Å². The molecule has 0 bridgehead atoms. The number of rotatable bonds is 3. The summed E-state index contributed by atoms with van der Waals surface area (Å²) in [7, 11) is 0. The zero-order chi connectivity index (χ0) is 9.14. The second-order valence-electron chi connectivity index (χ2n) is 2.55. The van der Waals surface area contributed by atoms with E-state index in [1.807, 2.05) is 6.92 Å². The molecule has 1 aromatic rings. The number of hydrogen-bond acceptors (Lipinski definition) is 3. The van der Waals surface area contributed by atoms with Crippen molar-refractivity contribution in [1.29, 1.82) is 0 Å². The highest BCUT2D eigenvalue weighted by Crippen LogP contribution is 2.31. The van der Waals surface area contributed by atoms with Crippen molar-refractivity contribution in [3.8, 4) is 0 Å². The number of halogens is 1. The Kier molecular flexibility index (Phi) is 3.53. The lowest BCUT2D eigenvalue weighted by atomic mass is 10.1. The molecule has 0 radical (unpaired) electrons. The number of aliphatic hydroxyl groups is 2. The highest BCUT2D eigenvalue weighted by Gasteiger charge is 2.19. The summed E-state index contributed by atoms with van der Waals surface area (Å²) >= 11 is 7.13. The second kappa shape index (κ2) is 4.23. The third-order valence-electron chi connectivity index (χ3n) is 1.70. The Morgan fingerprint density at radius 2 is 2.25 bits per heavy atom. The van der Waals surface area contributed by atoms with Crippen LogP contribution in [0.4, 0.5) is 0 Å². The molecule has 1 heterocycles. The van der Waals surface area contributed by atoms with Crippen molar-refractivity contribution in [2.24, 2.45) is 0 Å². The third kappa shape index (κ3) is 1.98. The van der Waals surface area contributed by atoms with E-state index in [4.69, 9.17) is 11.6 Å². The van der Waals surface area contributed by atoms with E-state index in [-0.39, 0.29) is 0 Å². The zero-order valence-corrected chi connectivity index (χ0v) is 8.27. The minimum absolute atomic E-state index is 0.523. The van der Waals surface area contributed by atoms with Crippen molar-refractivity contribution in [2.75, 3.05) is 0 Å². The molecule has 0 fully saturated rings. The molecule has 0 saturated carbocycles. The third-order valence-corrected chi connectivity index (χ3v) is 3.13. The van der Waals surface area contributed by atoms with Crippen molar-refractivity contribution in [1.82, 2.24) is 0 Å². The minimum atomic E-state index is -0.845. The molecule has 2 atom stereocenters. The van der Waals surface area contributed by atoms with Crippen LogP contribution in [0.5, 0.6) is 0 Å². The summed E-state index contributed by atoms with van der Waals surface area (Å²) in [6.45, 7) is 1.81. The fourth-order valence-electron chi connectivity index (χ4n) is 0.914. The Morgan fingerprint density at radius 3 is 2.67 bits per heavy atom. The SMILES string of the molecule is CCC(O)C(O)c1sccc1Cl. The average Bonchev–Trinajstić information content (AvgIpc) is 2.48. The van der Waals surface area contributed by atoms with Crippen molar-refractivity contribution < 1.29 is 10.2 Å². The molecule has 2 nitrogen and oxygen atoms in total. The Morgan fingerprint density at radius 1 is 1.58 bits per heavy atom. The molecule has 0 aromatic carbocycles. The van der Waals surface area contributed by atoms with Gasteiger partial charge in [0.1, 0.15) is 6.10 Å². The van der Waals surface area contributed by atoms with E-state index >= 15 is 0 Å². The molecular weight excluding hydrogens is 196 g/mol. The van der Waals surface area contributed by atoms with E-state index in [9.17, 15) is 10.2 Å². The Hall–Kier alpha value is -0.0900. The van der Waals surface area contributed by atoms with E-state index in [2.05, 4.69) is 0 Å². The highest BCUT2D eigenvalue weighted by molar-refractivity contribution is 7.10. The summed E-state index contributed by atoms with van der Waals surface area (Å²) in [4.78, 5) is 0.644. The molecule has 68 valence electrons. The van der Waals surface area contributed by atoms with Gasteiger partial charge in [-0.2, -0.15) is 0 Å². The van der Waals surface area contributed by atoms with Crippen molar-refractivity contribution in [3.05, 3.63) is 21.3 Å². The van der Waals surface area contributed by atoms with Crippen LogP contribution in [0, 0.1) is 0 Å². The van der Waals surface area contributed by atoms with Gasteiger partial charge in [-0.15, -0.1) is 11.3 Å². The first-order valence-electron chi connectivity index (χ1n) is 3.75. The zero-order valence-electron chi connectivity index (χ0n) is 6.70. The van der Waals surface area contributed by atoms with Gasteiger partial charge in [0, 0.05) is 0 Å². The summed E-state index contributed by atoms with van der Waals surface area (Å²) in [5.74, 6) is 0. The molecule has 1 aromatic heterocycles. The molecule has 4 heteroatoms. The van der Waals surface area contributed by atoms with Gasteiger partial charge >= 0.3 is 0 Å². The van der Waals surface area contributed by atoms with Gasteiger partial charge in [0.15, 0.2) is 0 Å².